The summed E-state index contributed by atoms with van der Waals surface area (Å²) in [6, 6.07) is 0. The molecule has 0 saturated heterocycles. The molecule has 1 aliphatic carbocycles. The van der Waals surface area contributed by atoms with E-state index in [1.165, 1.54) is 25.7 Å². The number of guanidine groups is 1. The molecule has 0 aromatic rings. The van der Waals surface area contributed by atoms with Crippen molar-refractivity contribution >= 4 is 5.96 Å². The van der Waals surface area contributed by atoms with E-state index in [1.54, 1.807) is 0 Å². The van der Waals surface area contributed by atoms with Crippen molar-refractivity contribution in [2.75, 3.05) is 13.1 Å². The molecule has 0 aromatic carbocycles. The highest BCUT2D eigenvalue weighted by atomic mass is 15.3. The average molecular weight is 226 g/mol. The van der Waals surface area contributed by atoms with Crippen LogP contribution in [-0.2, 0) is 0 Å². The maximum absolute atomic E-state index is 5.41. The van der Waals surface area contributed by atoms with Gasteiger partial charge in [0.15, 0.2) is 0 Å². The Morgan fingerprint density at radius 2 is 2.25 bits per heavy atom. The highest BCUT2D eigenvalue weighted by molar-refractivity contribution is 5.79. The lowest BCUT2D eigenvalue weighted by Crippen LogP contribution is -2.42. The maximum atomic E-state index is 5.41. The summed E-state index contributed by atoms with van der Waals surface area (Å²) >= 11 is 0. The summed E-state index contributed by atoms with van der Waals surface area (Å²) in [5.41, 5.74) is 2.63. The predicted octanol–water partition coefficient (Wildman–Crippen LogP) is 1.63. The summed E-state index contributed by atoms with van der Waals surface area (Å²) in [5.74, 6) is 7.76. The number of rotatable bonds is 4. The van der Waals surface area contributed by atoms with Gasteiger partial charge in [0.05, 0.1) is 0 Å². The smallest absolute Gasteiger partial charge is 0.205 e. The monoisotopic (exact) mass is 226 g/mol. The fourth-order valence-electron chi connectivity index (χ4n) is 2.34. The molecule has 0 heterocycles. The first-order valence-corrected chi connectivity index (χ1v) is 6.51. The summed E-state index contributed by atoms with van der Waals surface area (Å²) in [4.78, 5) is 4.51. The molecule has 4 heteroatoms. The Hall–Kier alpha value is -0.770. The second kappa shape index (κ2) is 7.49. The van der Waals surface area contributed by atoms with E-state index < -0.39 is 0 Å². The van der Waals surface area contributed by atoms with E-state index in [1.807, 2.05) is 0 Å². The highest BCUT2D eigenvalue weighted by Gasteiger charge is 2.18. The van der Waals surface area contributed by atoms with Crippen molar-refractivity contribution in [2.45, 2.75) is 46.0 Å². The van der Waals surface area contributed by atoms with Gasteiger partial charge < -0.3 is 5.32 Å². The Morgan fingerprint density at radius 1 is 1.44 bits per heavy atom. The van der Waals surface area contributed by atoms with E-state index in [2.05, 4.69) is 29.6 Å². The summed E-state index contributed by atoms with van der Waals surface area (Å²) in [7, 11) is 0. The lowest BCUT2D eigenvalue weighted by molar-refractivity contribution is 0.289. The Kier molecular flexibility index (Phi) is 6.23. The summed E-state index contributed by atoms with van der Waals surface area (Å²) in [5, 5.41) is 3.18. The van der Waals surface area contributed by atoms with E-state index in [-0.39, 0.29) is 0 Å². The fraction of sp³-hybridized carbons (Fsp3) is 0.917. The minimum absolute atomic E-state index is 0.736. The second-order valence-electron chi connectivity index (χ2n) is 4.90. The zero-order chi connectivity index (χ0) is 11.8. The Morgan fingerprint density at radius 3 is 2.88 bits per heavy atom. The highest BCUT2D eigenvalue weighted by Crippen LogP contribution is 2.28. The van der Waals surface area contributed by atoms with Gasteiger partial charge in [-0.05, 0) is 31.1 Å². The van der Waals surface area contributed by atoms with Gasteiger partial charge in [-0.25, -0.2) is 5.84 Å². The zero-order valence-corrected chi connectivity index (χ0v) is 10.6. The number of nitrogens with zero attached hydrogens (tertiary/aromatic N) is 1. The number of hydrogen-bond donors (Lipinski definition) is 3. The van der Waals surface area contributed by atoms with Crippen LogP contribution in [0.25, 0.3) is 0 Å². The molecule has 0 aliphatic heterocycles. The van der Waals surface area contributed by atoms with E-state index in [0.29, 0.717) is 0 Å². The summed E-state index contributed by atoms with van der Waals surface area (Å²) in [6.45, 7) is 6.29. The number of aliphatic imine (C=N–C) groups is 1. The molecule has 2 unspecified atom stereocenters. The molecule has 1 fully saturated rings. The van der Waals surface area contributed by atoms with Gasteiger partial charge in [-0.2, -0.15) is 0 Å². The first-order chi connectivity index (χ1) is 7.76. The molecule has 1 rings (SSSR count). The van der Waals surface area contributed by atoms with E-state index in [9.17, 15) is 0 Å². The third kappa shape index (κ3) is 4.84. The molecule has 0 spiro atoms. The van der Waals surface area contributed by atoms with Crippen molar-refractivity contribution in [3.8, 4) is 0 Å². The SMILES string of the molecule is CCCNC(=NCC1CCCC(C)C1)NN. The van der Waals surface area contributed by atoms with Crippen molar-refractivity contribution in [3.63, 3.8) is 0 Å². The molecular weight excluding hydrogens is 200 g/mol. The van der Waals surface area contributed by atoms with Crippen LogP contribution in [0.15, 0.2) is 4.99 Å². The van der Waals surface area contributed by atoms with Crippen molar-refractivity contribution < 1.29 is 0 Å². The molecule has 4 N–H and O–H groups in total. The van der Waals surface area contributed by atoms with Gasteiger partial charge in [0, 0.05) is 13.1 Å². The quantitative estimate of drug-likeness (QED) is 0.295. The van der Waals surface area contributed by atoms with Crippen molar-refractivity contribution in [1.29, 1.82) is 0 Å². The van der Waals surface area contributed by atoms with Crippen LogP contribution in [0, 0.1) is 11.8 Å². The molecule has 0 amide bonds. The van der Waals surface area contributed by atoms with Crippen LogP contribution < -0.4 is 16.6 Å². The summed E-state index contributed by atoms with van der Waals surface area (Å²) in [6.07, 6.45) is 6.46. The first kappa shape index (κ1) is 13.3. The average Bonchev–Trinajstić information content (AvgIpc) is 2.29. The minimum Gasteiger partial charge on any atom is -0.355 e. The molecule has 1 aliphatic rings. The van der Waals surface area contributed by atoms with Gasteiger partial charge in [-0.3, -0.25) is 10.4 Å². The van der Waals surface area contributed by atoms with Crippen molar-refractivity contribution in [2.24, 2.45) is 22.7 Å². The fourth-order valence-corrected chi connectivity index (χ4v) is 2.34. The van der Waals surface area contributed by atoms with Gasteiger partial charge in [0.1, 0.15) is 0 Å². The molecule has 16 heavy (non-hydrogen) atoms. The van der Waals surface area contributed by atoms with Crippen LogP contribution in [-0.4, -0.2) is 19.0 Å². The molecule has 2 atom stereocenters. The standard InChI is InChI=1S/C12H26N4/c1-3-7-14-12(16-13)15-9-11-6-4-5-10(2)8-11/h10-11H,3-9,13H2,1-2H3,(H2,14,15,16). The first-order valence-electron chi connectivity index (χ1n) is 6.51. The lowest BCUT2D eigenvalue weighted by Gasteiger charge is -2.25. The molecule has 0 bridgehead atoms. The van der Waals surface area contributed by atoms with Gasteiger partial charge in [0.2, 0.25) is 5.96 Å². The largest absolute Gasteiger partial charge is 0.355 e. The Labute approximate surface area is 99.1 Å². The van der Waals surface area contributed by atoms with Crippen LogP contribution in [0.2, 0.25) is 0 Å². The van der Waals surface area contributed by atoms with Gasteiger partial charge >= 0.3 is 0 Å². The normalized spacial score (nSPS) is 26.6. The van der Waals surface area contributed by atoms with Gasteiger partial charge in [-0.1, -0.05) is 26.7 Å². The number of hydrogen-bond acceptors (Lipinski definition) is 2. The van der Waals surface area contributed by atoms with Crippen LogP contribution in [0.5, 0.6) is 0 Å². The number of hydrazine groups is 1. The van der Waals surface area contributed by atoms with Gasteiger partial charge in [-0.15, -0.1) is 0 Å². The third-order valence-corrected chi connectivity index (χ3v) is 3.23. The van der Waals surface area contributed by atoms with Gasteiger partial charge in [0.25, 0.3) is 0 Å². The van der Waals surface area contributed by atoms with E-state index in [4.69, 9.17) is 5.84 Å². The zero-order valence-electron chi connectivity index (χ0n) is 10.6. The Balaban J connectivity index is 2.31. The van der Waals surface area contributed by atoms with E-state index in [0.717, 1.165) is 37.3 Å². The predicted molar refractivity (Wildman–Crippen MR) is 69.0 cm³/mol. The minimum atomic E-state index is 0.736. The van der Waals surface area contributed by atoms with Crippen molar-refractivity contribution in [1.82, 2.24) is 10.7 Å². The topological polar surface area (TPSA) is 62.4 Å². The molecule has 0 radical (unpaired) electrons. The lowest BCUT2D eigenvalue weighted by atomic mass is 9.82. The number of nitrogens with one attached hydrogen (secondary N) is 2. The second-order valence-corrected chi connectivity index (χ2v) is 4.90. The van der Waals surface area contributed by atoms with Crippen LogP contribution in [0.1, 0.15) is 46.0 Å². The number of nitrogens with two attached hydrogens (primary N) is 1. The molecule has 4 nitrogen and oxygen atoms in total. The molecule has 1 saturated carbocycles. The third-order valence-electron chi connectivity index (χ3n) is 3.23. The van der Waals surface area contributed by atoms with E-state index >= 15 is 0 Å². The maximum Gasteiger partial charge on any atom is 0.205 e. The van der Waals surface area contributed by atoms with Crippen LogP contribution in [0.4, 0.5) is 0 Å². The Bertz CT molecular complexity index is 215. The van der Waals surface area contributed by atoms with Crippen LogP contribution in [0.3, 0.4) is 0 Å². The molecule has 94 valence electrons. The molecule has 0 aromatic heterocycles. The van der Waals surface area contributed by atoms with Crippen LogP contribution >= 0.6 is 0 Å². The van der Waals surface area contributed by atoms with Crippen molar-refractivity contribution in [3.05, 3.63) is 0 Å². The molecular formula is C12H26N4. The summed E-state index contributed by atoms with van der Waals surface area (Å²) < 4.78 is 0.